The van der Waals surface area contributed by atoms with E-state index < -0.39 is 11.7 Å². The molecule has 34 heavy (non-hydrogen) atoms. The number of anilines is 1. The Hall–Kier alpha value is -4.69. The predicted octanol–water partition coefficient (Wildman–Crippen LogP) is 6.53. The third kappa shape index (κ3) is 4.17. The van der Waals surface area contributed by atoms with Crippen molar-refractivity contribution in [3.05, 3.63) is 120 Å². The lowest BCUT2D eigenvalue weighted by atomic mass is 10.1. The summed E-state index contributed by atoms with van der Waals surface area (Å²) < 4.78 is 16.0. The Labute approximate surface area is 196 Å². The van der Waals surface area contributed by atoms with Crippen molar-refractivity contribution in [3.63, 3.8) is 0 Å². The van der Waals surface area contributed by atoms with Gasteiger partial charge in [0.1, 0.15) is 17.5 Å². The number of carbonyl (C=O) groups is 1. The van der Waals surface area contributed by atoms with Gasteiger partial charge in [0.2, 0.25) is 0 Å². The number of fused-ring (bicyclic) bond motifs is 2. The molecule has 4 nitrogen and oxygen atoms in total. The predicted molar refractivity (Wildman–Crippen MR) is 134 cm³/mol. The van der Waals surface area contributed by atoms with E-state index in [4.69, 9.17) is 0 Å². The van der Waals surface area contributed by atoms with Crippen LogP contribution >= 0.6 is 0 Å². The minimum atomic E-state index is -0.654. The van der Waals surface area contributed by atoms with Gasteiger partial charge in [0.05, 0.1) is 5.69 Å². The number of benzene rings is 4. The SMILES string of the molecule is N#C/C(=C/c1cn(Cc2ccc3ccccc3c2)c2ccccc12)C(=O)Nc1ccccc1F. The van der Waals surface area contributed by atoms with Gasteiger partial charge in [0.15, 0.2) is 0 Å². The summed E-state index contributed by atoms with van der Waals surface area (Å²) in [4.78, 5) is 12.7. The second-order valence-corrected chi connectivity index (χ2v) is 8.01. The maximum atomic E-state index is 13.9. The monoisotopic (exact) mass is 445 g/mol. The number of aromatic nitrogens is 1. The van der Waals surface area contributed by atoms with Crippen molar-refractivity contribution in [1.29, 1.82) is 5.26 Å². The van der Waals surface area contributed by atoms with Crippen LogP contribution < -0.4 is 5.32 Å². The molecular weight excluding hydrogens is 425 g/mol. The molecule has 0 saturated carbocycles. The number of nitrogens with one attached hydrogen (secondary N) is 1. The lowest BCUT2D eigenvalue weighted by Gasteiger charge is -2.07. The molecule has 5 rings (SSSR count). The van der Waals surface area contributed by atoms with E-state index in [0.717, 1.165) is 22.0 Å². The van der Waals surface area contributed by atoms with Gasteiger partial charge >= 0.3 is 0 Å². The molecule has 0 fully saturated rings. The molecule has 1 heterocycles. The minimum absolute atomic E-state index is 0.0346. The zero-order valence-corrected chi connectivity index (χ0v) is 18.2. The lowest BCUT2D eigenvalue weighted by molar-refractivity contribution is -0.112. The van der Waals surface area contributed by atoms with E-state index in [9.17, 15) is 14.4 Å². The Morgan fingerprint density at radius 3 is 2.50 bits per heavy atom. The first kappa shape index (κ1) is 21.2. The molecule has 1 N–H and O–H groups in total. The van der Waals surface area contributed by atoms with Crippen LogP contribution in [0.25, 0.3) is 27.8 Å². The maximum absolute atomic E-state index is 13.9. The number of nitriles is 1. The second-order valence-electron chi connectivity index (χ2n) is 8.01. The molecule has 0 unspecified atom stereocenters. The first-order valence-electron chi connectivity index (χ1n) is 10.9. The molecular formula is C29H20FN3O. The Morgan fingerprint density at radius 1 is 0.941 bits per heavy atom. The Kier molecular flexibility index (Phi) is 5.63. The molecule has 0 atom stereocenters. The average Bonchev–Trinajstić information content (AvgIpc) is 3.21. The summed E-state index contributed by atoms with van der Waals surface area (Å²) in [5.74, 6) is -1.21. The molecule has 1 amide bonds. The van der Waals surface area contributed by atoms with Gasteiger partial charge in [-0.1, -0.05) is 66.7 Å². The summed E-state index contributed by atoms with van der Waals surface area (Å²) in [5.41, 5.74) is 2.82. The summed E-state index contributed by atoms with van der Waals surface area (Å²) in [6, 6.07) is 30.3. The smallest absolute Gasteiger partial charge is 0.266 e. The van der Waals surface area contributed by atoms with Crippen LogP contribution in [-0.2, 0) is 11.3 Å². The zero-order chi connectivity index (χ0) is 23.5. The number of hydrogen-bond acceptors (Lipinski definition) is 2. The minimum Gasteiger partial charge on any atom is -0.342 e. The van der Waals surface area contributed by atoms with E-state index in [-0.39, 0.29) is 11.3 Å². The van der Waals surface area contributed by atoms with Crippen LogP contribution in [0.2, 0.25) is 0 Å². The van der Waals surface area contributed by atoms with Crippen LogP contribution in [0.5, 0.6) is 0 Å². The van der Waals surface area contributed by atoms with Crippen molar-refractivity contribution in [3.8, 4) is 6.07 Å². The van der Waals surface area contributed by atoms with Crippen molar-refractivity contribution >= 4 is 39.3 Å². The standard InChI is InChI=1S/C29H20FN3O/c30-26-10-4-5-11-27(26)32-29(34)23(17-31)16-24-19-33(28-12-6-3-9-25(24)28)18-20-13-14-21-7-1-2-8-22(21)15-20/h1-16,19H,18H2,(H,32,34)/b23-16-. The lowest BCUT2D eigenvalue weighted by Crippen LogP contribution is -2.14. The molecule has 5 aromatic rings. The number of carbonyl (C=O) groups excluding carboxylic acids is 1. The molecule has 0 spiro atoms. The number of nitrogens with zero attached hydrogens (tertiary/aromatic N) is 2. The highest BCUT2D eigenvalue weighted by atomic mass is 19.1. The normalized spacial score (nSPS) is 11.5. The fourth-order valence-electron chi connectivity index (χ4n) is 4.11. The van der Waals surface area contributed by atoms with Crippen LogP contribution in [-0.4, -0.2) is 10.5 Å². The third-order valence-electron chi connectivity index (χ3n) is 5.77. The van der Waals surface area contributed by atoms with E-state index in [1.54, 1.807) is 12.1 Å². The van der Waals surface area contributed by atoms with Crippen molar-refractivity contribution < 1.29 is 9.18 Å². The van der Waals surface area contributed by atoms with E-state index in [1.807, 2.05) is 48.7 Å². The summed E-state index contributed by atoms with van der Waals surface area (Å²) in [7, 11) is 0. The highest BCUT2D eigenvalue weighted by molar-refractivity contribution is 6.10. The second kappa shape index (κ2) is 9.05. The van der Waals surface area contributed by atoms with Gasteiger partial charge in [-0.05, 0) is 46.7 Å². The summed E-state index contributed by atoms with van der Waals surface area (Å²) in [6.07, 6.45) is 3.49. The summed E-state index contributed by atoms with van der Waals surface area (Å²) in [5, 5.41) is 15.4. The topological polar surface area (TPSA) is 57.8 Å². The Morgan fingerprint density at radius 2 is 1.68 bits per heavy atom. The molecule has 164 valence electrons. The molecule has 1 aromatic heterocycles. The fraction of sp³-hybridized carbons (Fsp3) is 0.0345. The van der Waals surface area contributed by atoms with Gasteiger partial charge < -0.3 is 9.88 Å². The molecule has 0 radical (unpaired) electrons. The van der Waals surface area contributed by atoms with Crippen molar-refractivity contribution in [2.24, 2.45) is 0 Å². The van der Waals surface area contributed by atoms with Gasteiger partial charge in [-0.2, -0.15) is 5.26 Å². The first-order chi connectivity index (χ1) is 16.6. The van der Waals surface area contributed by atoms with Crippen LogP contribution in [0, 0.1) is 17.1 Å². The van der Waals surface area contributed by atoms with Crippen LogP contribution in [0.4, 0.5) is 10.1 Å². The van der Waals surface area contributed by atoms with Crippen LogP contribution in [0.15, 0.2) is 103 Å². The molecule has 0 aliphatic carbocycles. The number of amides is 1. The van der Waals surface area contributed by atoms with Gasteiger partial charge in [0.25, 0.3) is 5.91 Å². The Balaban J connectivity index is 1.50. The number of halogens is 1. The first-order valence-corrected chi connectivity index (χ1v) is 10.9. The van der Waals surface area contributed by atoms with Crippen LogP contribution in [0.1, 0.15) is 11.1 Å². The van der Waals surface area contributed by atoms with Gasteiger partial charge in [-0.25, -0.2) is 4.39 Å². The average molecular weight is 445 g/mol. The molecule has 0 aliphatic rings. The van der Waals surface area contributed by atoms with Crippen molar-refractivity contribution in [2.45, 2.75) is 6.54 Å². The van der Waals surface area contributed by atoms with Crippen LogP contribution in [0.3, 0.4) is 0 Å². The number of hydrogen-bond donors (Lipinski definition) is 1. The molecule has 0 saturated heterocycles. The molecule has 5 heteroatoms. The fourth-order valence-corrected chi connectivity index (χ4v) is 4.11. The van der Waals surface area contributed by atoms with Crippen molar-refractivity contribution in [1.82, 2.24) is 4.57 Å². The quantitative estimate of drug-likeness (QED) is 0.247. The highest BCUT2D eigenvalue weighted by Gasteiger charge is 2.14. The molecule has 0 bridgehead atoms. The largest absolute Gasteiger partial charge is 0.342 e. The van der Waals surface area contributed by atoms with Gasteiger partial charge in [-0.3, -0.25) is 4.79 Å². The zero-order valence-electron chi connectivity index (χ0n) is 18.2. The number of rotatable bonds is 5. The van der Waals surface area contributed by atoms with Gasteiger partial charge in [-0.15, -0.1) is 0 Å². The highest BCUT2D eigenvalue weighted by Crippen LogP contribution is 2.26. The summed E-state index contributed by atoms with van der Waals surface area (Å²) >= 11 is 0. The van der Waals surface area contributed by atoms with E-state index >= 15 is 0 Å². The maximum Gasteiger partial charge on any atom is 0.266 e. The molecule has 0 aliphatic heterocycles. The van der Waals surface area contributed by atoms with E-state index in [2.05, 4.69) is 40.2 Å². The van der Waals surface area contributed by atoms with Crippen molar-refractivity contribution in [2.75, 3.05) is 5.32 Å². The third-order valence-corrected chi connectivity index (χ3v) is 5.77. The Bertz CT molecular complexity index is 1610. The summed E-state index contributed by atoms with van der Waals surface area (Å²) in [6.45, 7) is 0.641. The number of para-hydroxylation sites is 2. The van der Waals surface area contributed by atoms with Gasteiger partial charge in [0, 0.05) is 29.2 Å². The van der Waals surface area contributed by atoms with E-state index in [1.165, 1.54) is 29.0 Å². The van der Waals surface area contributed by atoms with E-state index in [0.29, 0.717) is 6.54 Å². The molecule has 4 aromatic carbocycles.